The molecule has 3 rings (SSSR count). The fourth-order valence-corrected chi connectivity index (χ4v) is 2.74. The van der Waals surface area contributed by atoms with Gasteiger partial charge in [0.2, 0.25) is 5.91 Å². The van der Waals surface area contributed by atoms with Gasteiger partial charge in [0.15, 0.2) is 4.67 Å². The van der Waals surface area contributed by atoms with Crippen molar-refractivity contribution in [1.82, 2.24) is 4.90 Å². The molecule has 0 bridgehead atoms. The molecule has 1 fully saturated rings. The summed E-state index contributed by atoms with van der Waals surface area (Å²) in [6, 6.07) is 2.01. The highest BCUT2D eigenvalue weighted by Gasteiger charge is 2.54. The van der Waals surface area contributed by atoms with Gasteiger partial charge in [-0.1, -0.05) is 0 Å². The Balaban J connectivity index is 2.18. The molecular weight excluding hydrogens is 246 g/mol. The van der Waals surface area contributed by atoms with Crippen LogP contribution in [0.25, 0.3) is 0 Å². The Morgan fingerprint density at radius 3 is 2.93 bits per heavy atom. The lowest BCUT2D eigenvalue weighted by Crippen LogP contribution is -2.42. The van der Waals surface area contributed by atoms with Crippen LogP contribution in [0, 0.1) is 0 Å². The number of carbonyl (C=O) groups is 1. The number of carbonyl (C=O) groups excluding carboxylic acids is 1. The second-order valence-electron chi connectivity index (χ2n) is 4.05. The van der Waals surface area contributed by atoms with Crippen molar-refractivity contribution in [1.29, 1.82) is 0 Å². The van der Waals surface area contributed by atoms with Crippen LogP contribution in [0.1, 0.15) is 24.2 Å². The summed E-state index contributed by atoms with van der Waals surface area (Å²) in [5.41, 5.74) is 1.17. The van der Waals surface area contributed by atoms with Crippen molar-refractivity contribution in [3.05, 3.63) is 22.1 Å². The molecular formula is C10H10BrNO2. The zero-order valence-electron chi connectivity index (χ0n) is 7.84. The largest absolute Gasteiger partial charge is 0.453 e. The smallest absolute Gasteiger partial charge is 0.230 e. The maximum atomic E-state index is 11.7. The normalized spacial score (nSPS) is 22.7. The summed E-state index contributed by atoms with van der Waals surface area (Å²) in [4.78, 5) is 13.5. The van der Waals surface area contributed by atoms with E-state index in [1.807, 2.05) is 18.0 Å². The summed E-state index contributed by atoms with van der Waals surface area (Å²) in [7, 11) is 1.89. The minimum Gasteiger partial charge on any atom is -0.453 e. The van der Waals surface area contributed by atoms with Crippen LogP contribution in [-0.2, 0) is 16.8 Å². The van der Waals surface area contributed by atoms with Crippen molar-refractivity contribution in [2.75, 3.05) is 7.05 Å². The van der Waals surface area contributed by atoms with Crippen molar-refractivity contribution in [2.45, 2.75) is 24.8 Å². The minimum atomic E-state index is -0.0276. The second kappa shape index (κ2) is 2.42. The third-order valence-electron chi connectivity index (χ3n) is 3.33. The van der Waals surface area contributed by atoms with Crippen LogP contribution in [0.5, 0.6) is 0 Å². The summed E-state index contributed by atoms with van der Waals surface area (Å²) >= 11 is 3.32. The topological polar surface area (TPSA) is 33.5 Å². The molecule has 2 heterocycles. The quantitative estimate of drug-likeness (QED) is 0.711. The molecule has 1 aromatic rings. The molecule has 14 heavy (non-hydrogen) atoms. The molecule has 0 N–H and O–H groups in total. The summed E-state index contributed by atoms with van der Waals surface area (Å²) in [6.45, 7) is 0. The third kappa shape index (κ3) is 0.895. The molecule has 4 heteroatoms. The number of rotatable bonds is 0. The molecule has 3 nitrogen and oxygen atoms in total. The molecule has 1 saturated carbocycles. The Morgan fingerprint density at radius 1 is 1.57 bits per heavy atom. The second-order valence-corrected chi connectivity index (χ2v) is 4.83. The van der Waals surface area contributed by atoms with Gasteiger partial charge in [0.1, 0.15) is 5.76 Å². The maximum Gasteiger partial charge on any atom is 0.230 e. The lowest BCUT2D eigenvalue weighted by molar-refractivity contribution is -0.133. The van der Waals surface area contributed by atoms with E-state index in [1.54, 1.807) is 0 Å². The Labute approximate surface area is 90.2 Å². The minimum absolute atomic E-state index is 0.0276. The summed E-state index contributed by atoms with van der Waals surface area (Å²) < 4.78 is 6.20. The van der Waals surface area contributed by atoms with Gasteiger partial charge in [0.05, 0.1) is 12.0 Å². The molecule has 0 radical (unpaired) electrons. The Kier molecular flexibility index (Phi) is 1.48. The van der Waals surface area contributed by atoms with Gasteiger partial charge in [-0.05, 0) is 34.8 Å². The SMILES string of the molecule is CN1C(=O)Cc2oc(Br)cc2C12CC2. The maximum absolute atomic E-state index is 11.7. The van der Waals surface area contributed by atoms with Crippen LogP contribution in [0.2, 0.25) is 0 Å². The fourth-order valence-electron chi connectivity index (χ4n) is 2.32. The highest BCUT2D eigenvalue weighted by atomic mass is 79.9. The molecule has 1 spiro atoms. The first-order valence-electron chi connectivity index (χ1n) is 4.69. The number of nitrogens with zero attached hydrogens (tertiary/aromatic N) is 1. The highest BCUT2D eigenvalue weighted by molar-refractivity contribution is 9.10. The van der Waals surface area contributed by atoms with E-state index in [2.05, 4.69) is 15.9 Å². The zero-order chi connectivity index (χ0) is 9.92. The lowest BCUT2D eigenvalue weighted by Gasteiger charge is -2.32. The van der Waals surface area contributed by atoms with Gasteiger partial charge in [-0.2, -0.15) is 0 Å². The van der Waals surface area contributed by atoms with E-state index in [1.165, 1.54) is 5.56 Å². The number of hydrogen-bond acceptors (Lipinski definition) is 2. The van der Waals surface area contributed by atoms with Crippen molar-refractivity contribution in [3.8, 4) is 0 Å². The molecule has 0 atom stereocenters. The lowest BCUT2D eigenvalue weighted by atomic mass is 9.97. The standard InChI is InChI=1S/C10H10BrNO2/c1-12-9(13)5-7-6(4-8(11)14-7)10(12)2-3-10/h4H,2-3,5H2,1H3. The van der Waals surface area contributed by atoms with E-state index < -0.39 is 0 Å². The van der Waals surface area contributed by atoms with Crippen molar-refractivity contribution < 1.29 is 9.21 Å². The third-order valence-corrected chi connectivity index (χ3v) is 3.72. The molecule has 0 aromatic carbocycles. The predicted molar refractivity (Wildman–Crippen MR) is 53.8 cm³/mol. The molecule has 0 unspecified atom stereocenters. The Bertz CT molecular complexity index is 420. The molecule has 1 aliphatic carbocycles. The average molecular weight is 256 g/mol. The van der Waals surface area contributed by atoms with Crippen LogP contribution in [0.15, 0.2) is 15.2 Å². The molecule has 74 valence electrons. The van der Waals surface area contributed by atoms with Crippen molar-refractivity contribution >= 4 is 21.8 Å². The van der Waals surface area contributed by atoms with Crippen LogP contribution < -0.4 is 0 Å². The number of furan rings is 1. The van der Waals surface area contributed by atoms with Gasteiger partial charge in [0.25, 0.3) is 0 Å². The van der Waals surface area contributed by atoms with Crippen molar-refractivity contribution in [2.24, 2.45) is 0 Å². The van der Waals surface area contributed by atoms with Crippen LogP contribution in [0.3, 0.4) is 0 Å². The first-order valence-corrected chi connectivity index (χ1v) is 5.48. The monoisotopic (exact) mass is 255 g/mol. The van der Waals surface area contributed by atoms with Gasteiger partial charge in [0, 0.05) is 12.6 Å². The molecule has 1 amide bonds. The van der Waals surface area contributed by atoms with Gasteiger partial charge in [-0.25, -0.2) is 0 Å². The number of amides is 1. The van der Waals surface area contributed by atoms with E-state index in [4.69, 9.17) is 4.42 Å². The number of likely N-dealkylation sites (N-methyl/N-ethyl adjacent to an activating group) is 1. The van der Waals surface area contributed by atoms with Crippen LogP contribution >= 0.6 is 15.9 Å². The van der Waals surface area contributed by atoms with Crippen LogP contribution in [0.4, 0.5) is 0 Å². The van der Waals surface area contributed by atoms with Gasteiger partial charge in [-0.3, -0.25) is 4.79 Å². The molecule has 0 saturated heterocycles. The highest BCUT2D eigenvalue weighted by Crippen LogP contribution is 2.54. The number of fused-ring (bicyclic) bond motifs is 2. The Morgan fingerprint density at radius 2 is 2.29 bits per heavy atom. The van der Waals surface area contributed by atoms with E-state index in [9.17, 15) is 4.79 Å². The number of hydrogen-bond donors (Lipinski definition) is 0. The van der Waals surface area contributed by atoms with E-state index >= 15 is 0 Å². The van der Waals surface area contributed by atoms with E-state index in [-0.39, 0.29) is 11.4 Å². The Hall–Kier alpha value is -0.770. The summed E-state index contributed by atoms with van der Waals surface area (Å²) in [5, 5.41) is 0. The first-order chi connectivity index (χ1) is 6.63. The summed E-state index contributed by atoms with van der Waals surface area (Å²) in [5.74, 6) is 1.01. The van der Waals surface area contributed by atoms with Gasteiger partial charge in [-0.15, -0.1) is 0 Å². The van der Waals surface area contributed by atoms with Gasteiger partial charge < -0.3 is 9.32 Å². The van der Waals surface area contributed by atoms with E-state index in [0.717, 1.165) is 23.3 Å². The molecule has 1 aliphatic heterocycles. The molecule has 2 aliphatic rings. The zero-order valence-corrected chi connectivity index (χ0v) is 9.43. The molecule has 1 aromatic heterocycles. The van der Waals surface area contributed by atoms with Crippen LogP contribution in [-0.4, -0.2) is 17.9 Å². The summed E-state index contributed by atoms with van der Waals surface area (Å²) in [6.07, 6.45) is 2.53. The first kappa shape index (κ1) is 8.53. The average Bonchev–Trinajstić information content (AvgIpc) is 2.84. The van der Waals surface area contributed by atoms with Crippen molar-refractivity contribution in [3.63, 3.8) is 0 Å². The van der Waals surface area contributed by atoms with Gasteiger partial charge >= 0.3 is 0 Å². The number of halogens is 1. The fraction of sp³-hybridized carbons (Fsp3) is 0.500. The predicted octanol–water partition coefficient (Wildman–Crippen LogP) is 2.05. The van der Waals surface area contributed by atoms with E-state index in [0.29, 0.717) is 6.42 Å².